The molecule has 4 rings (SSSR count). The molecule has 2 aromatic carbocycles. The van der Waals surface area contributed by atoms with Crippen LogP contribution in [-0.2, 0) is 19.0 Å². The van der Waals surface area contributed by atoms with E-state index in [1.807, 2.05) is 26.0 Å². The van der Waals surface area contributed by atoms with E-state index in [0.717, 1.165) is 40.3 Å². The maximum Gasteiger partial charge on any atom is 0.416 e. The van der Waals surface area contributed by atoms with Crippen LogP contribution in [0.3, 0.4) is 0 Å². The van der Waals surface area contributed by atoms with Crippen molar-refractivity contribution in [1.29, 1.82) is 0 Å². The average molecular weight is 431 g/mol. The molecule has 1 heterocycles. The molecule has 0 fully saturated rings. The lowest BCUT2D eigenvalue weighted by molar-refractivity contribution is -0.137. The van der Waals surface area contributed by atoms with Crippen molar-refractivity contribution in [2.24, 2.45) is 0 Å². The maximum absolute atomic E-state index is 13.1. The van der Waals surface area contributed by atoms with Gasteiger partial charge in [-0.15, -0.1) is 11.3 Å². The molecule has 0 saturated carbocycles. The fourth-order valence-corrected chi connectivity index (χ4v) is 5.91. The monoisotopic (exact) mass is 430 g/mol. The second kappa shape index (κ2) is 7.84. The van der Waals surface area contributed by atoms with Gasteiger partial charge in [0, 0.05) is 21.6 Å². The van der Waals surface area contributed by atoms with E-state index in [1.165, 1.54) is 28.5 Å². The van der Waals surface area contributed by atoms with E-state index < -0.39 is 11.7 Å². The Hall–Kier alpha value is -2.14. The Kier molecular flexibility index (Phi) is 5.52. The summed E-state index contributed by atoms with van der Waals surface area (Å²) in [5, 5.41) is 0.872. The fourth-order valence-electron chi connectivity index (χ4n) is 4.52. The lowest BCUT2D eigenvalue weighted by Gasteiger charge is -2.10. The minimum Gasteiger partial charge on any atom is -0.294 e. The van der Waals surface area contributed by atoms with Gasteiger partial charge in [-0.2, -0.15) is 13.2 Å². The molecule has 1 atom stereocenters. The fraction of sp³-hybridized carbons (Fsp3) is 0.400. The summed E-state index contributed by atoms with van der Waals surface area (Å²) in [6.07, 6.45) is -1.22. The van der Waals surface area contributed by atoms with Crippen molar-refractivity contribution in [2.45, 2.75) is 64.5 Å². The highest BCUT2D eigenvalue weighted by atomic mass is 32.1. The van der Waals surface area contributed by atoms with Crippen LogP contribution in [0.1, 0.15) is 82.9 Å². The van der Waals surface area contributed by atoms with E-state index in [-0.39, 0.29) is 11.7 Å². The van der Waals surface area contributed by atoms with E-state index in [4.69, 9.17) is 0 Å². The highest BCUT2D eigenvalue weighted by Gasteiger charge is 2.31. The number of fused-ring (bicyclic) bond motifs is 2. The number of carbonyl (C=O) groups excluding carboxylic acids is 1. The predicted molar refractivity (Wildman–Crippen MR) is 117 cm³/mol. The largest absolute Gasteiger partial charge is 0.416 e. The number of hydrogen-bond acceptors (Lipinski definition) is 2. The van der Waals surface area contributed by atoms with Gasteiger partial charge in [-0.25, -0.2) is 0 Å². The smallest absolute Gasteiger partial charge is 0.294 e. The van der Waals surface area contributed by atoms with Gasteiger partial charge in [0.25, 0.3) is 0 Å². The molecule has 0 spiro atoms. The average Bonchev–Trinajstić information content (AvgIpc) is 3.24. The Labute approximate surface area is 178 Å². The van der Waals surface area contributed by atoms with Gasteiger partial charge in [0.15, 0.2) is 5.78 Å². The molecule has 0 N–H and O–H groups in total. The maximum atomic E-state index is 13.1. The van der Waals surface area contributed by atoms with Gasteiger partial charge in [0.2, 0.25) is 0 Å². The molecule has 1 nitrogen and oxygen atoms in total. The second-order valence-corrected chi connectivity index (χ2v) is 9.72. The summed E-state index contributed by atoms with van der Waals surface area (Å²) in [5.41, 5.74) is 3.81. The summed E-state index contributed by atoms with van der Waals surface area (Å²) in [4.78, 5) is 13.9. The number of halogens is 3. The summed E-state index contributed by atoms with van der Waals surface area (Å²) in [6.45, 7) is 6.29. The minimum absolute atomic E-state index is 0.0973. The number of benzene rings is 2. The molecule has 1 aromatic heterocycles. The second-order valence-electron chi connectivity index (χ2n) is 8.58. The molecule has 0 amide bonds. The number of thiophene rings is 1. The zero-order valence-electron chi connectivity index (χ0n) is 17.4. The first-order chi connectivity index (χ1) is 14.1. The van der Waals surface area contributed by atoms with Crippen molar-refractivity contribution in [2.75, 3.05) is 0 Å². The van der Waals surface area contributed by atoms with Crippen LogP contribution < -0.4 is 0 Å². The van der Waals surface area contributed by atoms with Crippen molar-refractivity contribution in [3.63, 3.8) is 0 Å². The minimum atomic E-state index is -4.35. The van der Waals surface area contributed by atoms with Crippen LogP contribution in [-0.4, -0.2) is 5.78 Å². The van der Waals surface area contributed by atoms with Crippen molar-refractivity contribution in [3.05, 3.63) is 69.1 Å². The van der Waals surface area contributed by atoms with Gasteiger partial charge in [0.05, 0.1) is 5.56 Å². The molecule has 3 aromatic rings. The third kappa shape index (κ3) is 3.92. The summed E-state index contributed by atoms with van der Waals surface area (Å²) in [6, 6.07) is 10.0. The Morgan fingerprint density at radius 2 is 1.93 bits per heavy atom. The molecule has 0 saturated heterocycles. The number of aryl methyl sites for hydroxylation is 2. The molecule has 1 aliphatic rings. The third-order valence-electron chi connectivity index (χ3n) is 6.13. The topological polar surface area (TPSA) is 17.1 Å². The van der Waals surface area contributed by atoms with Gasteiger partial charge >= 0.3 is 6.18 Å². The summed E-state index contributed by atoms with van der Waals surface area (Å²) in [5.74, 6) is 0.771. The van der Waals surface area contributed by atoms with E-state index in [1.54, 1.807) is 6.07 Å². The number of rotatable bonds is 5. The van der Waals surface area contributed by atoms with Gasteiger partial charge < -0.3 is 0 Å². The van der Waals surface area contributed by atoms with Crippen molar-refractivity contribution >= 4 is 27.2 Å². The summed E-state index contributed by atoms with van der Waals surface area (Å²) >= 11 is 1.39. The SMILES string of the molecule is CC(C)c1c(CCC(=O)c2ccc3c(c2)C(C)CC3)sc2cc(C(F)(F)F)ccc12. The molecule has 1 unspecified atom stereocenters. The Morgan fingerprint density at radius 3 is 2.63 bits per heavy atom. The van der Waals surface area contributed by atoms with Crippen LogP contribution >= 0.6 is 11.3 Å². The molecule has 1 aliphatic carbocycles. The number of carbonyl (C=O) groups is 1. The van der Waals surface area contributed by atoms with Gasteiger partial charge in [0.1, 0.15) is 0 Å². The Balaban J connectivity index is 1.59. The molecule has 0 bridgehead atoms. The van der Waals surface area contributed by atoms with E-state index in [2.05, 4.69) is 13.0 Å². The first kappa shape index (κ1) is 21.1. The highest BCUT2D eigenvalue weighted by molar-refractivity contribution is 7.19. The quantitative estimate of drug-likeness (QED) is 0.376. The van der Waals surface area contributed by atoms with E-state index in [0.29, 0.717) is 23.5 Å². The molecular formula is C25H25F3OS. The predicted octanol–water partition coefficient (Wildman–Crippen LogP) is 7.91. The first-order valence-corrected chi connectivity index (χ1v) is 11.3. The first-order valence-electron chi connectivity index (χ1n) is 10.4. The molecule has 158 valence electrons. The number of alkyl halides is 3. The standard InChI is InChI=1S/C25H25F3OS/c1-14(2)24-19-9-8-18(25(26,27)28)13-23(19)30-22(24)11-10-21(29)17-7-6-16-5-4-15(3)20(16)12-17/h6-9,12-15H,4-5,10-11H2,1-3H3. The zero-order chi connectivity index (χ0) is 21.6. The number of ketones is 1. The van der Waals surface area contributed by atoms with Crippen LogP contribution in [0.25, 0.3) is 10.1 Å². The van der Waals surface area contributed by atoms with Gasteiger partial charge in [-0.3, -0.25) is 4.79 Å². The lowest BCUT2D eigenvalue weighted by Crippen LogP contribution is -2.04. The van der Waals surface area contributed by atoms with Crippen LogP contribution in [0, 0.1) is 0 Å². The highest BCUT2D eigenvalue weighted by Crippen LogP contribution is 2.40. The summed E-state index contributed by atoms with van der Waals surface area (Å²) in [7, 11) is 0. The number of Topliss-reactive ketones (excluding diaryl/α,β-unsaturated/α-hetero) is 1. The molecule has 0 radical (unpaired) electrons. The molecule has 0 aliphatic heterocycles. The van der Waals surface area contributed by atoms with E-state index in [9.17, 15) is 18.0 Å². The lowest BCUT2D eigenvalue weighted by atomic mass is 9.95. The van der Waals surface area contributed by atoms with Gasteiger partial charge in [-0.05, 0) is 71.4 Å². The molecule has 5 heteroatoms. The third-order valence-corrected chi connectivity index (χ3v) is 7.36. The Bertz CT molecular complexity index is 1110. The zero-order valence-corrected chi connectivity index (χ0v) is 18.2. The number of hydrogen-bond donors (Lipinski definition) is 0. The van der Waals surface area contributed by atoms with Crippen molar-refractivity contribution in [3.8, 4) is 0 Å². The van der Waals surface area contributed by atoms with E-state index >= 15 is 0 Å². The Morgan fingerprint density at radius 1 is 1.17 bits per heavy atom. The molecule has 30 heavy (non-hydrogen) atoms. The molecular weight excluding hydrogens is 405 g/mol. The van der Waals surface area contributed by atoms with Crippen LogP contribution in [0.15, 0.2) is 36.4 Å². The normalized spacial score (nSPS) is 16.4. The van der Waals surface area contributed by atoms with Crippen molar-refractivity contribution in [1.82, 2.24) is 0 Å². The van der Waals surface area contributed by atoms with Crippen molar-refractivity contribution < 1.29 is 18.0 Å². The van der Waals surface area contributed by atoms with Crippen LogP contribution in [0.2, 0.25) is 0 Å². The van der Waals surface area contributed by atoms with Crippen LogP contribution in [0.5, 0.6) is 0 Å². The summed E-state index contributed by atoms with van der Waals surface area (Å²) < 4.78 is 40.0. The van der Waals surface area contributed by atoms with Gasteiger partial charge in [-0.1, -0.05) is 39.0 Å². The van der Waals surface area contributed by atoms with Crippen LogP contribution in [0.4, 0.5) is 13.2 Å².